The number of hydrogen-bond acceptors (Lipinski definition) is 3. The predicted molar refractivity (Wildman–Crippen MR) is 113 cm³/mol. The van der Waals surface area contributed by atoms with Gasteiger partial charge in [-0.2, -0.15) is 4.31 Å². The summed E-state index contributed by atoms with van der Waals surface area (Å²) in [5.41, 5.74) is 2.13. The van der Waals surface area contributed by atoms with Crippen LogP contribution in [0.25, 0.3) is 0 Å². The first-order chi connectivity index (χ1) is 12.2. The molecule has 0 saturated heterocycles. The molecule has 0 radical (unpaired) electrons. The van der Waals surface area contributed by atoms with Gasteiger partial charge in [-0.1, -0.05) is 58.6 Å². The van der Waals surface area contributed by atoms with E-state index in [4.69, 9.17) is 0 Å². The van der Waals surface area contributed by atoms with Crippen LogP contribution < -0.4 is 0 Å². The van der Waals surface area contributed by atoms with Gasteiger partial charge in [0, 0.05) is 23.7 Å². The summed E-state index contributed by atoms with van der Waals surface area (Å²) in [6.07, 6.45) is 6.82. The Morgan fingerprint density at radius 1 is 1.23 bits per heavy atom. The summed E-state index contributed by atoms with van der Waals surface area (Å²) in [5.74, 6) is 0.945. The fourth-order valence-corrected chi connectivity index (χ4v) is 5.04. The SMILES string of the molecule is C=C(CCN(CC)S(=O)(=O)c1ccc(C(C)(C)C)cc1)C1=CC=CCS1. The third-order valence-electron chi connectivity index (χ3n) is 4.44. The van der Waals surface area contributed by atoms with Crippen molar-refractivity contribution < 1.29 is 8.42 Å². The molecular formula is C21H29NO2S2. The molecule has 142 valence electrons. The van der Waals surface area contributed by atoms with Crippen molar-refractivity contribution in [2.75, 3.05) is 18.8 Å². The van der Waals surface area contributed by atoms with Crippen molar-refractivity contribution in [1.29, 1.82) is 0 Å². The molecule has 0 N–H and O–H groups in total. The van der Waals surface area contributed by atoms with Gasteiger partial charge in [0.15, 0.2) is 0 Å². The predicted octanol–water partition coefficient (Wildman–Crippen LogP) is 5.13. The van der Waals surface area contributed by atoms with Gasteiger partial charge < -0.3 is 0 Å². The molecule has 0 bridgehead atoms. The lowest BCUT2D eigenvalue weighted by Crippen LogP contribution is -2.32. The van der Waals surface area contributed by atoms with Crippen molar-refractivity contribution in [3.8, 4) is 0 Å². The van der Waals surface area contributed by atoms with E-state index >= 15 is 0 Å². The van der Waals surface area contributed by atoms with Crippen molar-refractivity contribution in [3.63, 3.8) is 0 Å². The van der Waals surface area contributed by atoms with E-state index in [0.29, 0.717) is 24.4 Å². The number of thioether (sulfide) groups is 1. The zero-order valence-corrected chi connectivity index (χ0v) is 17.8. The first kappa shape index (κ1) is 21.0. The van der Waals surface area contributed by atoms with Crippen LogP contribution in [0.3, 0.4) is 0 Å². The van der Waals surface area contributed by atoms with Gasteiger partial charge in [-0.05, 0) is 41.2 Å². The molecule has 2 rings (SSSR count). The number of rotatable bonds is 7. The van der Waals surface area contributed by atoms with Crippen molar-refractivity contribution in [2.24, 2.45) is 0 Å². The van der Waals surface area contributed by atoms with Crippen molar-refractivity contribution >= 4 is 21.8 Å². The Morgan fingerprint density at radius 3 is 2.38 bits per heavy atom. The fourth-order valence-electron chi connectivity index (χ4n) is 2.72. The molecule has 3 nitrogen and oxygen atoms in total. The summed E-state index contributed by atoms with van der Waals surface area (Å²) in [7, 11) is -3.49. The second-order valence-corrected chi connectivity index (χ2v) is 10.4. The molecule has 1 aromatic rings. The highest BCUT2D eigenvalue weighted by molar-refractivity contribution is 8.03. The first-order valence-electron chi connectivity index (χ1n) is 8.94. The van der Waals surface area contributed by atoms with E-state index in [0.717, 1.165) is 21.8 Å². The number of hydrogen-bond donors (Lipinski definition) is 0. The average molecular weight is 392 g/mol. The highest BCUT2D eigenvalue weighted by atomic mass is 32.2. The van der Waals surface area contributed by atoms with Crippen LogP contribution in [0.2, 0.25) is 0 Å². The Kier molecular flexibility index (Phi) is 6.94. The van der Waals surface area contributed by atoms with Gasteiger partial charge in [-0.25, -0.2) is 8.42 Å². The lowest BCUT2D eigenvalue weighted by molar-refractivity contribution is 0.431. The smallest absolute Gasteiger partial charge is 0.207 e. The van der Waals surface area contributed by atoms with Gasteiger partial charge in [0.1, 0.15) is 0 Å². The molecular weight excluding hydrogens is 362 g/mol. The Bertz CT molecular complexity index is 797. The Morgan fingerprint density at radius 2 is 1.88 bits per heavy atom. The topological polar surface area (TPSA) is 37.4 Å². The second kappa shape index (κ2) is 8.59. The molecule has 0 unspecified atom stereocenters. The molecule has 0 amide bonds. The Labute approximate surface area is 162 Å². The van der Waals surface area contributed by atoms with E-state index < -0.39 is 10.0 Å². The normalized spacial score (nSPS) is 15.2. The monoisotopic (exact) mass is 391 g/mol. The van der Waals surface area contributed by atoms with E-state index in [1.165, 1.54) is 4.31 Å². The van der Waals surface area contributed by atoms with Gasteiger partial charge in [-0.15, -0.1) is 11.8 Å². The third kappa shape index (κ3) is 5.12. The van der Waals surface area contributed by atoms with Gasteiger partial charge >= 0.3 is 0 Å². The molecule has 0 aromatic heterocycles. The maximum atomic E-state index is 13.0. The van der Waals surface area contributed by atoms with Gasteiger partial charge in [0.2, 0.25) is 10.0 Å². The van der Waals surface area contributed by atoms with Gasteiger partial charge in [-0.3, -0.25) is 0 Å². The zero-order chi connectivity index (χ0) is 19.4. The van der Waals surface area contributed by atoms with E-state index in [-0.39, 0.29) is 5.41 Å². The average Bonchev–Trinajstić information content (AvgIpc) is 2.62. The van der Waals surface area contributed by atoms with Crippen LogP contribution in [0, 0.1) is 0 Å². The fraction of sp³-hybridized carbons (Fsp3) is 0.429. The summed E-state index contributed by atoms with van der Waals surface area (Å²) < 4.78 is 27.5. The summed E-state index contributed by atoms with van der Waals surface area (Å²) >= 11 is 1.75. The minimum Gasteiger partial charge on any atom is -0.207 e. The summed E-state index contributed by atoms with van der Waals surface area (Å²) in [5, 5.41) is 0. The Balaban J connectivity index is 2.11. The third-order valence-corrected chi connectivity index (χ3v) is 7.52. The van der Waals surface area contributed by atoms with Crippen LogP contribution in [0.1, 0.15) is 39.7 Å². The van der Waals surface area contributed by atoms with Crippen LogP contribution in [0.15, 0.2) is 64.4 Å². The van der Waals surface area contributed by atoms with E-state index in [1.807, 2.05) is 31.2 Å². The molecule has 1 aliphatic rings. The molecule has 1 heterocycles. The lowest BCUT2D eigenvalue weighted by atomic mass is 9.87. The molecule has 0 atom stereocenters. The Hall–Kier alpha value is -1.30. The summed E-state index contributed by atoms with van der Waals surface area (Å²) in [4.78, 5) is 1.50. The lowest BCUT2D eigenvalue weighted by Gasteiger charge is -2.23. The standard InChI is InChI=1S/C21H29NO2S2/c1-6-22(15-14-17(2)20-9-7-8-16-25-20)26(23,24)19-12-10-18(11-13-19)21(3,4)5/h7-13H,2,6,14-16H2,1,3-5H3. The molecule has 0 saturated carbocycles. The molecule has 0 aliphatic carbocycles. The van der Waals surface area contributed by atoms with Crippen LogP contribution in [0.5, 0.6) is 0 Å². The quantitative estimate of drug-likeness (QED) is 0.647. The number of allylic oxidation sites excluding steroid dienone is 3. The molecule has 1 aromatic carbocycles. The maximum Gasteiger partial charge on any atom is 0.243 e. The summed E-state index contributed by atoms with van der Waals surface area (Å²) in [6, 6.07) is 7.26. The van der Waals surface area contributed by atoms with Crippen LogP contribution in [-0.4, -0.2) is 31.6 Å². The van der Waals surface area contributed by atoms with Gasteiger partial charge in [0.05, 0.1) is 4.90 Å². The van der Waals surface area contributed by atoms with Crippen LogP contribution in [-0.2, 0) is 15.4 Å². The van der Waals surface area contributed by atoms with Gasteiger partial charge in [0.25, 0.3) is 0 Å². The van der Waals surface area contributed by atoms with E-state index in [1.54, 1.807) is 23.9 Å². The van der Waals surface area contributed by atoms with Crippen LogP contribution in [0.4, 0.5) is 0 Å². The minimum atomic E-state index is -3.49. The first-order valence-corrected chi connectivity index (χ1v) is 11.4. The molecule has 26 heavy (non-hydrogen) atoms. The zero-order valence-electron chi connectivity index (χ0n) is 16.2. The molecule has 1 aliphatic heterocycles. The molecule has 5 heteroatoms. The number of benzene rings is 1. The molecule has 0 spiro atoms. The number of sulfonamides is 1. The maximum absolute atomic E-state index is 13.0. The number of nitrogens with zero attached hydrogens (tertiary/aromatic N) is 1. The minimum absolute atomic E-state index is 0.00428. The largest absolute Gasteiger partial charge is 0.243 e. The van der Waals surface area contributed by atoms with Crippen molar-refractivity contribution in [2.45, 2.75) is 44.4 Å². The highest BCUT2D eigenvalue weighted by Gasteiger charge is 2.24. The van der Waals surface area contributed by atoms with E-state index in [2.05, 4.69) is 33.4 Å². The van der Waals surface area contributed by atoms with Crippen LogP contribution >= 0.6 is 11.8 Å². The van der Waals surface area contributed by atoms with E-state index in [9.17, 15) is 8.42 Å². The second-order valence-electron chi connectivity index (χ2n) is 7.39. The van der Waals surface area contributed by atoms with Crippen molar-refractivity contribution in [3.05, 3.63) is 65.1 Å². The van der Waals surface area contributed by atoms with Crippen molar-refractivity contribution in [1.82, 2.24) is 4.31 Å². The highest BCUT2D eigenvalue weighted by Crippen LogP contribution is 2.29. The molecule has 0 fully saturated rings. The summed E-state index contributed by atoms with van der Waals surface area (Å²) in [6.45, 7) is 13.3.